The zero-order chi connectivity index (χ0) is 16.4. The van der Waals surface area contributed by atoms with E-state index >= 15 is 0 Å². The third-order valence-corrected chi connectivity index (χ3v) is 7.87. The molecule has 1 aromatic rings. The summed E-state index contributed by atoms with van der Waals surface area (Å²) in [4.78, 5) is 0.514. The van der Waals surface area contributed by atoms with E-state index in [4.69, 9.17) is 0 Å². The Hall–Kier alpha value is -0.653. The third kappa shape index (κ3) is 3.58. The Morgan fingerprint density at radius 3 is 2.05 bits per heavy atom. The number of sulfonamides is 1. The summed E-state index contributed by atoms with van der Waals surface area (Å²) in [5.41, 5.74) is 2.10. The molecule has 1 rings (SSSR count). The van der Waals surface area contributed by atoms with Crippen LogP contribution in [0.4, 0.5) is 0 Å². The van der Waals surface area contributed by atoms with E-state index in [0.29, 0.717) is 11.4 Å². The first-order valence-corrected chi connectivity index (χ1v) is 10.2. The van der Waals surface area contributed by atoms with Crippen LogP contribution in [0, 0.1) is 0 Å². The van der Waals surface area contributed by atoms with Crippen LogP contribution >= 0.6 is 0 Å². The van der Waals surface area contributed by atoms with Crippen molar-refractivity contribution < 1.29 is 8.42 Å². The number of rotatable bonds is 5. The maximum atomic E-state index is 13.0. The van der Waals surface area contributed by atoms with Crippen molar-refractivity contribution in [3.05, 3.63) is 23.3 Å². The SMILES string of the molecule is CCc1ccc(S(=O)(=O)N(CC)C(C)(C)C)c([SiH3])c1CC. The third-order valence-electron chi connectivity index (χ3n) is 3.98. The Balaban J connectivity index is 3.53. The van der Waals surface area contributed by atoms with Gasteiger partial charge in [-0.15, -0.1) is 0 Å². The van der Waals surface area contributed by atoms with Crippen LogP contribution in [0.1, 0.15) is 52.7 Å². The summed E-state index contributed by atoms with van der Waals surface area (Å²) >= 11 is 0. The summed E-state index contributed by atoms with van der Waals surface area (Å²) in [6.45, 7) is 12.5. The molecular formula is C16H29NO2SSi. The molecule has 0 heterocycles. The molecule has 0 atom stereocenters. The van der Waals surface area contributed by atoms with Gasteiger partial charge in [-0.05, 0) is 56.0 Å². The molecule has 5 heteroatoms. The van der Waals surface area contributed by atoms with Crippen molar-refractivity contribution in [1.82, 2.24) is 4.31 Å². The fourth-order valence-electron chi connectivity index (χ4n) is 3.02. The number of hydrogen-bond donors (Lipinski definition) is 0. The first-order valence-electron chi connectivity index (χ1n) is 7.75. The van der Waals surface area contributed by atoms with Gasteiger partial charge in [0.25, 0.3) is 0 Å². The lowest BCUT2D eigenvalue weighted by molar-refractivity contribution is 0.260. The van der Waals surface area contributed by atoms with E-state index in [9.17, 15) is 8.42 Å². The summed E-state index contributed by atoms with van der Waals surface area (Å²) in [6, 6.07) is 3.80. The molecule has 0 saturated heterocycles. The number of hydrogen-bond acceptors (Lipinski definition) is 2. The zero-order valence-electron chi connectivity index (χ0n) is 14.4. The van der Waals surface area contributed by atoms with Gasteiger partial charge in [0.15, 0.2) is 0 Å². The average molecular weight is 328 g/mol. The van der Waals surface area contributed by atoms with E-state index in [1.165, 1.54) is 11.1 Å². The van der Waals surface area contributed by atoms with Crippen molar-refractivity contribution in [2.45, 2.75) is 64.8 Å². The van der Waals surface area contributed by atoms with Gasteiger partial charge >= 0.3 is 0 Å². The molecular weight excluding hydrogens is 298 g/mol. The van der Waals surface area contributed by atoms with E-state index in [0.717, 1.165) is 28.3 Å². The average Bonchev–Trinajstić information content (AvgIpc) is 2.36. The van der Waals surface area contributed by atoms with Gasteiger partial charge in [0.1, 0.15) is 0 Å². The molecule has 0 aromatic heterocycles. The lowest BCUT2D eigenvalue weighted by Gasteiger charge is -2.34. The monoisotopic (exact) mass is 327 g/mol. The second-order valence-electron chi connectivity index (χ2n) is 6.37. The van der Waals surface area contributed by atoms with Gasteiger partial charge in [-0.25, -0.2) is 8.42 Å². The highest BCUT2D eigenvalue weighted by Crippen LogP contribution is 2.24. The highest BCUT2D eigenvalue weighted by atomic mass is 32.2. The Morgan fingerprint density at radius 2 is 1.67 bits per heavy atom. The van der Waals surface area contributed by atoms with Crippen molar-refractivity contribution in [1.29, 1.82) is 0 Å². The molecule has 0 aliphatic carbocycles. The van der Waals surface area contributed by atoms with Gasteiger partial charge in [0, 0.05) is 22.3 Å². The highest BCUT2D eigenvalue weighted by molar-refractivity contribution is 7.89. The van der Waals surface area contributed by atoms with Crippen LogP contribution in [0.3, 0.4) is 0 Å². The van der Waals surface area contributed by atoms with Gasteiger partial charge < -0.3 is 0 Å². The molecule has 0 spiro atoms. The van der Waals surface area contributed by atoms with Crippen molar-refractivity contribution in [3.8, 4) is 0 Å². The Bertz CT molecular complexity index is 603. The smallest absolute Gasteiger partial charge is 0.207 e. The summed E-state index contributed by atoms with van der Waals surface area (Å²) < 4.78 is 27.7. The van der Waals surface area contributed by atoms with Crippen LogP contribution in [-0.4, -0.2) is 35.0 Å². The number of benzene rings is 1. The molecule has 0 saturated carbocycles. The maximum absolute atomic E-state index is 13.0. The van der Waals surface area contributed by atoms with Crippen LogP contribution in [0.25, 0.3) is 0 Å². The van der Waals surface area contributed by atoms with E-state index in [2.05, 4.69) is 13.8 Å². The van der Waals surface area contributed by atoms with Crippen molar-refractivity contribution in [3.63, 3.8) is 0 Å². The van der Waals surface area contributed by atoms with Crippen LogP contribution in [0.5, 0.6) is 0 Å². The standard InChI is InChI=1S/C16H29NO2SSi/c1-7-12-10-11-14(15(21)13(12)8-2)20(18,19)17(9-3)16(4,5)6/h10-11H,7-9H2,1-6,21H3. The van der Waals surface area contributed by atoms with E-state index in [-0.39, 0.29) is 0 Å². The minimum absolute atomic E-state index is 0.405. The van der Waals surface area contributed by atoms with Gasteiger partial charge in [-0.2, -0.15) is 4.31 Å². The Morgan fingerprint density at radius 1 is 1.10 bits per heavy atom. The van der Waals surface area contributed by atoms with Crippen LogP contribution in [0.2, 0.25) is 0 Å². The topological polar surface area (TPSA) is 37.4 Å². The quantitative estimate of drug-likeness (QED) is 0.771. The van der Waals surface area contributed by atoms with E-state index in [1.807, 2.05) is 39.8 Å². The molecule has 0 N–H and O–H groups in total. The van der Waals surface area contributed by atoms with E-state index < -0.39 is 15.6 Å². The molecule has 21 heavy (non-hydrogen) atoms. The molecule has 0 aliphatic rings. The van der Waals surface area contributed by atoms with Gasteiger partial charge in [-0.1, -0.05) is 26.8 Å². The number of nitrogens with zero attached hydrogens (tertiary/aromatic N) is 1. The van der Waals surface area contributed by atoms with Gasteiger partial charge in [-0.3, -0.25) is 0 Å². The summed E-state index contributed by atoms with van der Waals surface area (Å²) in [7, 11) is -2.68. The van der Waals surface area contributed by atoms with Gasteiger partial charge in [0.2, 0.25) is 10.0 Å². The van der Waals surface area contributed by atoms with Crippen LogP contribution in [0.15, 0.2) is 17.0 Å². The summed E-state index contributed by atoms with van der Waals surface area (Å²) in [6.07, 6.45) is 1.85. The molecule has 1 aromatic carbocycles. The van der Waals surface area contributed by atoms with Crippen molar-refractivity contribution in [2.24, 2.45) is 0 Å². The fourth-order valence-corrected chi connectivity index (χ4v) is 6.68. The molecule has 120 valence electrons. The number of aryl methyl sites for hydroxylation is 1. The van der Waals surface area contributed by atoms with Crippen LogP contribution in [-0.2, 0) is 22.9 Å². The Kier molecular flexibility index (Phi) is 5.81. The fraction of sp³-hybridized carbons (Fsp3) is 0.625. The predicted octanol–water partition coefficient (Wildman–Crippen LogP) is 1.61. The predicted molar refractivity (Wildman–Crippen MR) is 94.1 cm³/mol. The minimum atomic E-state index is -3.43. The lowest BCUT2D eigenvalue weighted by Crippen LogP contribution is -2.46. The first kappa shape index (κ1) is 18.4. The maximum Gasteiger partial charge on any atom is 0.243 e. The minimum Gasteiger partial charge on any atom is -0.207 e. The Labute approximate surface area is 133 Å². The highest BCUT2D eigenvalue weighted by Gasteiger charge is 2.33. The molecule has 0 unspecified atom stereocenters. The van der Waals surface area contributed by atoms with Crippen molar-refractivity contribution >= 4 is 25.5 Å². The first-order chi connectivity index (χ1) is 9.61. The summed E-state index contributed by atoms with van der Waals surface area (Å²) in [5, 5.41) is 1.04. The van der Waals surface area contributed by atoms with Gasteiger partial charge in [0.05, 0.1) is 4.90 Å². The summed E-state index contributed by atoms with van der Waals surface area (Å²) in [5.74, 6) is 0. The van der Waals surface area contributed by atoms with Crippen molar-refractivity contribution in [2.75, 3.05) is 6.54 Å². The molecule has 0 aliphatic heterocycles. The zero-order valence-corrected chi connectivity index (χ0v) is 17.3. The van der Waals surface area contributed by atoms with E-state index in [1.54, 1.807) is 4.31 Å². The second-order valence-corrected chi connectivity index (χ2v) is 9.20. The molecule has 0 radical (unpaired) electrons. The lowest BCUT2D eigenvalue weighted by atomic mass is 10.0. The molecule has 0 fully saturated rings. The molecule has 3 nitrogen and oxygen atoms in total. The van der Waals surface area contributed by atoms with Crippen LogP contribution < -0.4 is 5.19 Å². The second kappa shape index (κ2) is 6.63. The normalized spacial score (nSPS) is 13.1. The largest absolute Gasteiger partial charge is 0.243 e. The molecule has 0 bridgehead atoms. The molecule has 0 amide bonds.